The average molecular weight is 244 g/mol. The van der Waals surface area contributed by atoms with E-state index in [-0.39, 0.29) is 4.75 Å². The zero-order valence-electron chi connectivity index (χ0n) is 9.00. The molecule has 2 N–H and O–H groups in total. The maximum absolute atomic E-state index is 11.1. The summed E-state index contributed by atoms with van der Waals surface area (Å²) in [6, 6.07) is 5.32. The zero-order chi connectivity index (χ0) is 11.6. The van der Waals surface area contributed by atoms with Gasteiger partial charge in [-0.3, -0.25) is 4.79 Å². The highest BCUT2D eigenvalue weighted by Crippen LogP contribution is 2.37. The third-order valence-corrected chi connectivity index (χ3v) is 3.34. The van der Waals surface area contributed by atoms with E-state index in [4.69, 9.17) is 17.3 Å². The number of nitrogens with two attached hydrogens (primary N) is 1. The van der Waals surface area contributed by atoms with Crippen LogP contribution in [0.15, 0.2) is 23.1 Å². The Hall–Kier alpha value is -0.670. The quantitative estimate of drug-likeness (QED) is 0.810. The minimum Gasteiger partial charge on any atom is -0.366 e. The second-order valence-corrected chi connectivity index (χ2v) is 6.44. The summed E-state index contributed by atoms with van der Waals surface area (Å²) in [7, 11) is 0. The summed E-state index contributed by atoms with van der Waals surface area (Å²) >= 11 is 7.71. The van der Waals surface area contributed by atoms with Crippen LogP contribution < -0.4 is 5.73 Å². The zero-order valence-corrected chi connectivity index (χ0v) is 10.6. The first-order chi connectivity index (χ1) is 6.81. The Balaban J connectivity index is 3.10. The van der Waals surface area contributed by atoms with Crippen LogP contribution in [-0.2, 0) is 0 Å². The summed E-state index contributed by atoms with van der Waals surface area (Å²) < 4.78 is 0.0555. The summed E-state index contributed by atoms with van der Waals surface area (Å²) in [5.74, 6) is -0.489. The third kappa shape index (κ3) is 3.43. The van der Waals surface area contributed by atoms with Crippen molar-refractivity contribution in [3.8, 4) is 0 Å². The van der Waals surface area contributed by atoms with Crippen molar-refractivity contribution in [2.45, 2.75) is 30.4 Å². The first kappa shape index (κ1) is 12.4. The topological polar surface area (TPSA) is 43.1 Å². The number of benzene rings is 1. The smallest absolute Gasteiger partial charge is 0.250 e. The van der Waals surface area contributed by atoms with E-state index < -0.39 is 5.91 Å². The fraction of sp³-hybridized carbons (Fsp3) is 0.364. The Morgan fingerprint density at radius 3 is 2.47 bits per heavy atom. The highest BCUT2D eigenvalue weighted by atomic mass is 35.5. The van der Waals surface area contributed by atoms with Gasteiger partial charge in [0.15, 0.2) is 0 Å². The van der Waals surface area contributed by atoms with E-state index in [0.717, 1.165) is 4.90 Å². The molecule has 0 saturated heterocycles. The number of thioether (sulfide) groups is 1. The molecule has 2 nitrogen and oxygen atoms in total. The lowest BCUT2D eigenvalue weighted by molar-refractivity contribution is 0.1000. The number of carbonyl (C=O) groups is 1. The van der Waals surface area contributed by atoms with E-state index in [9.17, 15) is 4.79 Å². The number of carbonyl (C=O) groups excluding carboxylic acids is 1. The molecule has 82 valence electrons. The predicted octanol–water partition coefficient (Wildman–Crippen LogP) is 3.33. The van der Waals surface area contributed by atoms with Crippen LogP contribution in [0.1, 0.15) is 31.1 Å². The molecule has 0 aliphatic heterocycles. The molecule has 0 saturated carbocycles. The lowest BCUT2D eigenvalue weighted by Gasteiger charge is -2.18. The van der Waals surface area contributed by atoms with E-state index in [1.54, 1.807) is 23.9 Å². The molecule has 1 aromatic rings. The van der Waals surface area contributed by atoms with Gasteiger partial charge in [-0.15, -0.1) is 11.8 Å². The van der Waals surface area contributed by atoms with Crippen LogP contribution >= 0.6 is 23.4 Å². The van der Waals surface area contributed by atoms with Gasteiger partial charge < -0.3 is 5.73 Å². The van der Waals surface area contributed by atoms with E-state index in [1.807, 2.05) is 6.07 Å². The van der Waals surface area contributed by atoms with Crippen molar-refractivity contribution < 1.29 is 4.79 Å². The predicted molar refractivity (Wildman–Crippen MR) is 65.6 cm³/mol. The maximum Gasteiger partial charge on any atom is 0.250 e. The minimum absolute atomic E-state index is 0.0555. The fourth-order valence-corrected chi connectivity index (χ4v) is 2.45. The van der Waals surface area contributed by atoms with Crippen molar-refractivity contribution in [1.82, 2.24) is 0 Å². The molecule has 1 amide bonds. The van der Waals surface area contributed by atoms with Crippen LogP contribution in [0.2, 0.25) is 5.02 Å². The molecular weight excluding hydrogens is 230 g/mol. The van der Waals surface area contributed by atoms with E-state index in [0.29, 0.717) is 10.6 Å². The summed E-state index contributed by atoms with van der Waals surface area (Å²) in [6.07, 6.45) is 0. The lowest BCUT2D eigenvalue weighted by Crippen LogP contribution is -2.12. The van der Waals surface area contributed by atoms with E-state index in [2.05, 4.69) is 20.8 Å². The molecule has 0 unspecified atom stereocenters. The summed E-state index contributed by atoms with van der Waals surface area (Å²) in [6.45, 7) is 6.26. The van der Waals surface area contributed by atoms with Crippen LogP contribution in [0.5, 0.6) is 0 Å². The Labute approximate surface area is 99.2 Å². The van der Waals surface area contributed by atoms with Gasteiger partial charge in [-0.2, -0.15) is 0 Å². The van der Waals surface area contributed by atoms with Gasteiger partial charge in [-0.1, -0.05) is 38.4 Å². The van der Waals surface area contributed by atoms with Crippen molar-refractivity contribution in [2.75, 3.05) is 0 Å². The Morgan fingerprint density at radius 2 is 2.00 bits per heavy atom. The van der Waals surface area contributed by atoms with Crippen molar-refractivity contribution >= 4 is 29.3 Å². The minimum atomic E-state index is -0.489. The van der Waals surface area contributed by atoms with Gasteiger partial charge in [0.2, 0.25) is 5.91 Å². The summed E-state index contributed by atoms with van der Waals surface area (Å²) in [4.78, 5) is 12.0. The molecule has 0 aliphatic rings. The van der Waals surface area contributed by atoms with E-state index >= 15 is 0 Å². The van der Waals surface area contributed by atoms with Gasteiger partial charge in [0.1, 0.15) is 0 Å². The first-order valence-corrected chi connectivity index (χ1v) is 5.78. The van der Waals surface area contributed by atoms with Crippen molar-refractivity contribution in [1.29, 1.82) is 0 Å². The molecule has 0 bridgehead atoms. The normalized spacial score (nSPS) is 11.5. The van der Waals surface area contributed by atoms with Crippen LogP contribution in [0.3, 0.4) is 0 Å². The number of hydrogen-bond acceptors (Lipinski definition) is 2. The van der Waals surface area contributed by atoms with Crippen LogP contribution in [0, 0.1) is 0 Å². The standard InChI is InChI=1S/C11H14ClNOS/c1-11(2,3)15-8-6-4-5-7(9(8)12)10(13)14/h4-6H,1-3H3,(H2,13,14). The van der Waals surface area contributed by atoms with Gasteiger partial charge in [0.05, 0.1) is 10.6 Å². The molecule has 0 atom stereocenters. The third-order valence-electron chi connectivity index (χ3n) is 1.64. The molecule has 15 heavy (non-hydrogen) atoms. The van der Waals surface area contributed by atoms with Crippen LogP contribution in [-0.4, -0.2) is 10.7 Å². The number of amides is 1. The van der Waals surface area contributed by atoms with Gasteiger partial charge in [-0.25, -0.2) is 0 Å². The SMILES string of the molecule is CC(C)(C)Sc1cccc(C(N)=O)c1Cl. The second-order valence-electron chi connectivity index (χ2n) is 4.20. The Morgan fingerprint density at radius 1 is 1.40 bits per heavy atom. The molecule has 0 radical (unpaired) electrons. The maximum atomic E-state index is 11.1. The number of halogens is 1. The monoisotopic (exact) mass is 243 g/mol. The molecule has 0 fully saturated rings. The molecule has 0 aromatic heterocycles. The molecular formula is C11H14ClNOS. The number of hydrogen-bond donors (Lipinski definition) is 1. The van der Waals surface area contributed by atoms with Gasteiger partial charge >= 0.3 is 0 Å². The van der Waals surface area contributed by atoms with Crippen LogP contribution in [0.25, 0.3) is 0 Å². The lowest BCUT2D eigenvalue weighted by atomic mass is 10.2. The van der Waals surface area contributed by atoms with Crippen molar-refractivity contribution in [2.24, 2.45) is 5.73 Å². The average Bonchev–Trinajstić information content (AvgIpc) is 2.05. The largest absolute Gasteiger partial charge is 0.366 e. The molecule has 0 heterocycles. The highest BCUT2D eigenvalue weighted by molar-refractivity contribution is 8.00. The molecule has 4 heteroatoms. The summed E-state index contributed by atoms with van der Waals surface area (Å²) in [5.41, 5.74) is 5.60. The van der Waals surface area contributed by atoms with Crippen LogP contribution in [0.4, 0.5) is 0 Å². The van der Waals surface area contributed by atoms with Gasteiger partial charge in [0.25, 0.3) is 0 Å². The molecule has 1 rings (SSSR count). The van der Waals surface area contributed by atoms with E-state index in [1.165, 1.54) is 0 Å². The summed E-state index contributed by atoms with van der Waals surface area (Å²) in [5, 5.41) is 0.449. The Kier molecular flexibility index (Phi) is 3.68. The molecule has 0 aliphatic carbocycles. The number of primary amides is 1. The van der Waals surface area contributed by atoms with Gasteiger partial charge in [-0.05, 0) is 12.1 Å². The molecule has 1 aromatic carbocycles. The fourth-order valence-electron chi connectivity index (χ4n) is 1.11. The highest BCUT2D eigenvalue weighted by Gasteiger charge is 2.17. The number of rotatable bonds is 2. The first-order valence-electron chi connectivity index (χ1n) is 4.58. The Bertz CT molecular complexity index is 385. The van der Waals surface area contributed by atoms with Gasteiger partial charge in [0, 0.05) is 9.64 Å². The molecule has 0 spiro atoms. The van der Waals surface area contributed by atoms with Crippen molar-refractivity contribution in [3.63, 3.8) is 0 Å². The van der Waals surface area contributed by atoms with Crippen molar-refractivity contribution in [3.05, 3.63) is 28.8 Å². The second kappa shape index (κ2) is 4.45.